The Morgan fingerprint density at radius 3 is 2.81 bits per heavy atom. The maximum absolute atomic E-state index is 12.9. The molecule has 1 aromatic carbocycles. The molecular formula is C22H25N5O4. The zero-order chi connectivity index (χ0) is 21.6. The molecule has 2 amide bonds. The van der Waals surface area contributed by atoms with Crippen LogP contribution in [0.2, 0.25) is 0 Å². The van der Waals surface area contributed by atoms with Gasteiger partial charge in [-0.05, 0) is 26.2 Å². The lowest BCUT2D eigenvalue weighted by Crippen LogP contribution is -2.36. The van der Waals surface area contributed by atoms with E-state index in [1.165, 1.54) is 6.39 Å². The molecule has 3 heterocycles. The van der Waals surface area contributed by atoms with Gasteiger partial charge in [0.15, 0.2) is 6.39 Å². The Kier molecular flexibility index (Phi) is 6.40. The molecule has 0 aliphatic carbocycles. The zero-order valence-corrected chi connectivity index (χ0v) is 17.4. The number of nitrogens with one attached hydrogen (secondary N) is 1. The fourth-order valence-corrected chi connectivity index (χ4v) is 3.70. The lowest BCUT2D eigenvalue weighted by molar-refractivity contribution is -0.121. The summed E-state index contributed by atoms with van der Waals surface area (Å²) >= 11 is 0. The van der Waals surface area contributed by atoms with Crippen molar-refractivity contribution >= 4 is 11.8 Å². The Morgan fingerprint density at radius 1 is 1.19 bits per heavy atom. The van der Waals surface area contributed by atoms with Gasteiger partial charge < -0.3 is 19.2 Å². The molecule has 1 aliphatic heterocycles. The minimum Gasteiger partial charge on any atom is -0.438 e. The minimum atomic E-state index is -0.247. The molecule has 4 rings (SSSR count). The Balaban J connectivity index is 1.48. The topological polar surface area (TPSA) is 114 Å². The van der Waals surface area contributed by atoms with Crippen LogP contribution in [0, 0.1) is 6.92 Å². The summed E-state index contributed by atoms with van der Waals surface area (Å²) in [5.74, 6) is 0.970. The summed E-state index contributed by atoms with van der Waals surface area (Å²) in [6, 6.07) is 9.65. The highest BCUT2D eigenvalue weighted by Crippen LogP contribution is 2.26. The lowest BCUT2D eigenvalue weighted by Gasteiger charge is -2.21. The summed E-state index contributed by atoms with van der Waals surface area (Å²) in [5.41, 5.74) is 1.43. The van der Waals surface area contributed by atoms with E-state index in [4.69, 9.17) is 8.94 Å². The molecule has 1 N–H and O–H groups in total. The van der Waals surface area contributed by atoms with Crippen molar-refractivity contribution in [2.75, 3.05) is 19.6 Å². The van der Waals surface area contributed by atoms with E-state index in [0.29, 0.717) is 43.5 Å². The van der Waals surface area contributed by atoms with Crippen molar-refractivity contribution in [3.05, 3.63) is 54.1 Å². The first kappa shape index (κ1) is 20.8. The molecule has 0 saturated carbocycles. The molecule has 2 aromatic heterocycles. The predicted molar refractivity (Wildman–Crippen MR) is 111 cm³/mol. The average molecular weight is 423 g/mol. The van der Waals surface area contributed by atoms with Gasteiger partial charge in [0.2, 0.25) is 23.4 Å². The first-order valence-corrected chi connectivity index (χ1v) is 10.5. The van der Waals surface area contributed by atoms with Crippen LogP contribution in [0.5, 0.6) is 0 Å². The van der Waals surface area contributed by atoms with E-state index in [9.17, 15) is 9.59 Å². The standard InChI is InChI=1S/C22H25N5O4/c1-15-19(30-14-24-15)22(29)27-12-5-8-17(9-11-23-18(28)10-13-27)21-25-20(26-31-21)16-6-3-2-4-7-16/h2-4,6-7,14,17H,5,8-13H2,1H3,(H,23,28). The van der Waals surface area contributed by atoms with Crippen LogP contribution in [-0.2, 0) is 4.79 Å². The zero-order valence-electron chi connectivity index (χ0n) is 17.4. The Bertz CT molecular complexity index is 1030. The molecule has 1 atom stereocenters. The van der Waals surface area contributed by atoms with E-state index in [0.717, 1.165) is 18.4 Å². The fourth-order valence-electron chi connectivity index (χ4n) is 3.70. The number of hydrogen-bond acceptors (Lipinski definition) is 7. The highest BCUT2D eigenvalue weighted by atomic mass is 16.5. The van der Waals surface area contributed by atoms with Crippen LogP contribution in [-0.4, -0.2) is 51.5 Å². The molecule has 0 bridgehead atoms. The third kappa shape index (κ3) is 4.99. The highest BCUT2D eigenvalue weighted by molar-refractivity contribution is 5.92. The molecule has 1 aliphatic rings. The molecule has 1 saturated heterocycles. The molecule has 1 unspecified atom stereocenters. The van der Waals surface area contributed by atoms with Crippen LogP contribution < -0.4 is 5.32 Å². The summed E-state index contributed by atoms with van der Waals surface area (Å²) in [6.07, 6.45) is 3.68. The molecule has 0 radical (unpaired) electrons. The summed E-state index contributed by atoms with van der Waals surface area (Å²) in [6.45, 7) is 3.07. The van der Waals surface area contributed by atoms with Gasteiger partial charge in [0.05, 0.1) is 5.69 Å². The second-order valence-corrected chi connectivity index (χ2v) is 7.61. The van der Waals surface area contributed by atoms with Crippen molar-refractivity contribution in [3.8, 4) is 11.4 Å². The van der Waals surface area contributed by atoms with Crippen molar-refractivity contribution < 1.29 is 18.5 Å². The number of carbonyl (C=O) groups excluding carboxylic acids is 2. The van der Waals surface area contributed by atoms with E-state index in [1.54, 1.807) is 11.8 Å². The molecule has 1 fully saturated rings. The summed E-state index contributed by atoms with van der Waals surface area (Å²) in [4.78, 5) is 35.3. The largest absolute Gasteiger partial charge is 0.438 e. The van der Waals surface area contributed by atoms with Gasteiger partial charge in [0, 0.05) is 37.5 Å². The molecule has 31 heavy (non-hydrogen) atoms. The van der Waals surface area contributed by atoms with Crippen LogP contribution in [0.4, 0.5) is 0 Å². The van der Waals surface area contributed by atoms with Crippen LogP contribution >= 0.6 is 0 Å². The summed E-state index contributed by atoms with van der Waals surface area (Å²) in [5, 5.41) is 7.04. The SMILES string of the molecule is Cc1ncoc1C(=O)N1CCCC(c2nc(-c3ccccc3)no2)CCNC(=O)CC1. The van der Waals surface area contributed by atoms with Crippen molar-refractivity contribution in [1.29, 1.82) is 0 Å². The lowest BCUT2D eigenvalue weighted by atomic mass is 9.99. The van der Waals surface area contributed by atoms with Crippen LogP contribution in [0.25, 0.3) is 11.4 Å². The molecule has 9 heteroatoms. The van der Waals surface area contributed by atoms with E-state index >= 15 is 0 Å². The number of amides is 2. The number of carbonyl (C=O) groups is 2. The van der Waals surface area contributed by atoms with Crippen LogP contribution in [0.1, 0.15) is 53.7 Å². The summed E-state index contributed by atoms with van der Waals surface area (Å²) in [7, 11) is 0. The van der Waals surface area contributed by atoms with Gasteiger partial charge in [-0.3, -0.25) is 9.59 Å². The predicted octanol–water partition coefficient (Wildman–Crippen LogP) is 2.95. The van der Waals surface area contributed by atoms with Gasteiger partial charge in [-0.2, -0.15) is 4.98 Å². The molecule has 3 aromatic rings. The van der Waals surface area contributed by atoms with Gasteiger partial charge in [0.25, 0.3) is 5.91 Å². The number of benzene rings is 1. The smallest absolute Gasteiger partial charge is 0.291 e. The number of aromatic nitrogens is 3. The highest BCUT2D eigenvalue weighted by Gasteiger charge is 2.25. The van der Waals surface area contributed by atoms with Crippen molar-refractivity contribution in [2.24, 2.45) is 0 Å². The van der Waals surface area contributed by atoms with Crippen molar-refractivity contribution in [2.45, 2.75) is 38.5 Å². The quantitative estimate of drug-likeness (QED) is 0.689. The summed E-state index contributed by atoms with van der Waals surface area (Å²) < 4.78 is 10.8. The van der Waals surface area contributed by atoms with Gasteiger partial charge in [-0.1, -0.05) is 35.5 Å². The minimum absolute atomic E-state index is 0.00710. The Hall–Kier alpha value is -3.49. The molecule has 0 spiro atoms. The third-order valence-electron chi connectivity index (χ3n) is 5.45. The van der Waals surface area contributed by atoms with Crippen molar-refractivity contribution in [3.63, 3.8) is 0 Å². The van der Waals surface area contributed by atoms with Gasteiger partial charge >= 0.3 is 0 Å². The first-order chi connectivity index (χ1) is 15.1. The fraction of sp³-hybridized carbons (Fsp3) is 0.409. The number of nitrogens with zero attached hydrogens (tertiary/aromatic N) is 4. The molecule has 162 valence electrons. The first-order valence-electron chi connectivity index (χ1n) is 10.5. The second kappa shape index (κ2) is 9.55. The second-order valence-electron chi connectivity index (χ2n) is 7.61. The van der Waals surface area contributed by atoms with Gasteiger partial charge in [0.1, 0.15) is 0 Å². The monoisotopic (exact) mass is 423 g/mol. The normalized spacial score (nSPS) is 18.3. The van der Waals surface area contributed by atoms with E-state index in [2.05, 4.69) is 20.4 Å². The number of rotatable bonds is 3. The third-order valence-corrected chi connectivity index (χ3v) is 5.45. The number of aryl methyl sites for hydroxylation is 1. The molecule has 9 nitrogen and oxygen atoms in total. The van der Waals surface area contributed by atoms with Crippen molar-refractivity contribution in [1.82, 2.24) is 25.3 Å². The Morgan fingerprint density at radius 2 is 2.03 bits per heavy atom. The van der Waals surface area contributed by atoms with Gasteiger partial charge in [-0.15, -0.1) is 0 Å². The van der Waals surface area contributed by atoms with E-state index in [1.807, 2.05) is 30.3 Å². The van der Waals surface area contributed by atoms with E-state index < -0.39 is 0 Å². The maximum Gasteiger partial charge on any atom is 0.291 e. The molecular weight excluding hydrogens is 398 g/mol. The van der Waals surface area contributed by atoms with E-state index in [-0.39, 0.29) is 29.9 Å². The van der Waals surface area contributed by atoms with Gasteiger partial charge in [-0.25, -0.2) is 4.98 Å². The van der Waals surface area contributed by atoms with Crippen LogP contribution in [0.15, 0.2) is 45.7 Å². The number of oxazole rings is 1. The average Bonchev–Trinajstić information content (AvgIpc) is 3.43. The van der Waals surface area contributed by atoms with Crippen LogP contribution in [0.3, 0.4) is 0 Å². The maximum atomic E-state index is 12.9. The number of hydrogen-bond donors (Lipinski definition) is 1. The Labute approximate surface area is 179 Å².